The van der Waals surface area contributed by atoms with E-state index in [-0.39, 0.29) is 23.8 Å². The lowest BCUT2D eigenvalue weighted by atomic mass is 9.78. The Labute approximate surface area is 91.0 Å². The van der Waals surface area contributed by atoms with Gasteiger partial charge in [-0.1, -0.05) is 6.42 Å². The molecule has 2 atom stereocenters. The molecule has 2 saturated heterocycles. The van der Waals surface area contributed by atoms with Crippen LogP contribution in [-0.4, -0.2) is 43.7 Å². The van der Waals surface area contributed by atoms with Crippen molar-refractivity contribution >= 4 is 9.84 Å². The molecular formula is C10H19NO3S. The molecule has 2 aliphatic heterocycles. The Balaban J connectivity index is 2.13. The van der Waals surface area contributed by atoms with Gasteiger partial charge in [-0.15, -0.1) is 0 Å². The summed E-state index contributed by atoms with van der Waals surface area (Å²) < 4.78 is 22.9. The van der Waals surface area contributed by atoms with Gasteiger partial charge in [0.05, 0.1) is 18.1 Å². The predicted molar refractivity (Wildman–Crippen MR) is 58.4 cm³/mol. The van der Waals surface area contributed by atoms with Crippen LogP contribution >= 0.6 is 0 Å². The summed E-state index contributed by atoms with van der Waals surface area (Å²) in [5, 5.41) is 12.9. The van der Waals surface area contributed by atoms with Crippen molar-refractivity contribution in [1.82, 2.24) is 5.32 Å². The minimum Gasteiger partial charge on any atom is -0.394 e. The van der Waals surface area contributed by atoms with E-state index in [1.54, 1.807) is 0 Å². The maximum atomic E-state index is 11.4. The highest BCUT2D eigenvalue weighted by atomic mass is 32.2. The Morgan fingerprint density at radius 1 is 1.40 bits per heavy atom. The van der Waals surface area contributed by atoms with E-state index < -0.39 is 9.84 Å². The number of aliphatic hydroxyl groups excluding tert-OH is 1. The summed E-state index contributed by atoms with van der Waals surface area (Å²) in [6, 6.07) is 0. The summed E-state index contributed by atoms with van der Waals surface area (Å²) in [7, 11) is -2.84. The van der Waals surface area contributed by atoms with Gasteiger partial charge in [0, 0.05) is 5.54 Å². The molecule has 2 heterocycles. The maximum Gasteiger partial charge on any atom is 0.150 e. The van der Waals surface area contributed by atoms with E-state index in [2.05, 4.69) is 5.32 Å². The summed E-state index contributed by atoms with van der Waals surface area (Å²) >= 11 is 0. The summed E-state index contributed by atoms with van der Waals surface area (Å²) in [5.41, 5.74) is -0.318. The van der Waals surface area contributed by atoms with Crippen LogP contribution in [0.25, 0.3) is 0 Å². The summed E-state index contributed by atoms with van der Waals surface area (Å²) in [5.74, 6) is 0.648. The minimum atomic E-state index is -2.84. The van der Waals surface area contributed by atoms with Gasteiger partial charge in [-0.25, -0.2) is 8.42 Å². The molecule has 0 spiro atoms. The molecule has 5 heteroatoms. The number of sulfone groups is 1. The minimum absolute atomic E-state index is 0.0627. The number of aliphatic hydroxyl groups is 1. The van der Waals surface area contributed by atoms with Gasteiger partial charge < -0.3 is 10.4 Å². The van der Waals surface area contributed by atoms with Crippen molar-refractivity contribution in [2.45, 2.75) is 31.2 Å². The van der Waals surface area contributed by atoms with Crippen LogP contribution in [0.3, 0.4) is 0 Å². The number of hydrogen-bond acceptors (Lipinski definition) is 4. The van der Waals surface area contributed by atoms with Crippen LogP contribution in [0.1, 0.15) is 25.7 Å². The van der Waals surface area contributed by atoms with Crippen LogP contribution in [0.5, 0.6) is 0 Å². The summed E-state index contributed by atoms with van der Waals surface area (Å²) in [6.07, 6.45) is 3.82. The first-order valence-corrected chi connectivity index (χ1v) is 7.46. The third-order valence-corrected chi connectivity index (χ3v) is 5.59. The molecule has 0 saturated carbocycles. The van der Waals surface area contributed by atoms with Gasteiger partial charge in [0.25, 0.3) is 0 Å². The lowest BCUT2D eigenvalue weighted by Gasteiger charge is -2.41. The van der Waals surface area contributed by atoms with Crippen molar-refractivity contribution in [3.8, 4) is 0 Å². The van der Waals surface area contributed by atoms with Gasteiger partial charge in [-0.3, -0.25) is 0 Å². The smallest absolute Gasteiger partial charge is 0.150 e. The lowest BCUT2D eigenvalue weighted by molar-refractivity contribution is 0.0865. The Bertz CT molecular complexity index is 320. The van der Waals surface area contributed by atoms with Gasteiger partial charge >= 0.3 is 0 Å². The molecule has 0 aromatic rings. The fourth-order valence-electron chi connectivity index (χ4n) is 2.83. The molecule has 2 fully saturated rings. The fourth-order valence-corrected chi connectivity index (χ4v) is 4.74. The van der Waals surface area contributed by atoms with Crippen molar-refractivity contribution in [1.29, 1.82) is 0 Å². The number of nitrogens with one attached hydrogen (secondary N) is 1. The molecule has 0 amide bonds. The second kappa shape index (κ2) is 4.03. The molecule has 2 N–H and O–H groups in total. The zero-order chi connectivity index (χ0) is 10.9. The van der Waals surface area contributed by atoms with Crippen molar-refractivity contribution in [2.75, 3.05) is 24.7 Å². The Morgan fingerprint density at radius 2 is 2.20 bits per heavy atom. The average Bonchev–Trinajstić information content (AvgIpc) is 2.60. The summed E-state index contributed by atoms with van der Waals surface area (Å²) in [6.45, 7) is 0.963. The topological polar surface area (TPSA) is 66.4 Å². The van der Waals surface area contributed by atoms with Crippen LogP contribution < -0.4 is 5.32 Å². The molecule has 15 heavy (non-hydrogen) atoms. The van der Waals surface area contributed by atoms with E-state index in [9.17, 15) is 13.5 Å². The first-order valence-electron chi connectivity index (χ1n) is 5.64. The van der Waals surface area contributed by atoms with Gasteiger partial charge in [0.2, 0.25) is 0 Å². The summed E-state index contributed by atoms with van der Waals surface area (Å²) in [4.78, 5) is 0. The number of rotatable bonds is 2. The number of piperidine rings is 1. The lowest BCUT2D eigenvalue weighted by Crippen LogP contribution is -2.57. The third-order valence-electron chi connectivity index (χ3n) is 3.82. The van der Waals surface area contributed by atoms with Crippen LogP contribution in [0.4, 0.5) is 0 Å². The van der Waals surface area contributed by atoms with E-state index in [0.29, 0.717) is 12.2 Å². The highest BCUT2D eigenvalue weighted by Gasteiger charge is 2.44. The van der Waals surface area contributed by atoms with Gasteiger partial charge in [-0.2, -0.15) is 0 Å². The molecule has 2 aliphatic rings. The van der Waals surface area contributed by atoms with Crippen LogP contribution in [0.15, 0.2) is 0 Å². The van der Waals surface area contributed by atoms with Crippen molar-refractivity contribution in [3.05, 3.63) is 0 Å². The molecule has 2 unspecified atom stereocenters. The van der Waals surface area contributed by atoms with Gasteiger partial charge in [0.1, 0.15) is 0 Å². The molecule has 0 aliphatic carbocycles. The van der Waals surface area contributed by atoms with Crippen LogP contribution in [-0.2, 0) is 9.84 Å². The van der Waals surface area contributed by atoms with Gasteiger partial charge in [0.15, 0.2) is 9.84 Å². The third kappa shape index (κ3) is 2.19. The molecule has 88 valence electrons. The van der Waals surface area contributed by atoms with Crippen LogP contribution in [0.2, 0.25) is 0 Å². The molecule has 0 radical (unpaired) electrons. The van der Waals surface area contributed by atoms with Crippen molar-refractivity contribution in [2.24, 2.45) is 5.92 Å². The standard InChI is InChI=1S/C10H19NO3S/c12-8-10(4-1-2-5-11-10)9-3-6-15(13,14)7-9/h9,11-12H,1-8H2. The maximum absolute atomic E-state index is 11.4. The fraction of sp³-hybridized carbons (Fsp3) is 1.00. The van der Waals surface area contributed by atoms with E-state index in [1.807, 2.05) is 0 Å². The first kappa shape index (κ1) is 11.4. The Kier molecular flexibility index (Phi) is 3.05. The van der Waals surface area contributed by atoms with E-state index in [0.717, 1.165) is 25.8 Å². The van der Waals surface area contributed by atoms with Gasteiger partial charge in [-0.05, 0) is 31.7 Å². The van der Waals surface area contributed by atoms with Crippen LogP contribution in [0, 0.1) is 5.92 Å². The Hall–Kier alpha value is -0.130. The molecule has 2 rings (SSSR count). The van der Waals surface area contributed by atoms with E-state index in [4.69, 9.17) is 0 Å². The average molecular weight is 233 g/mol. The van der Waals surface area contributed by atoms with E-state index >= 15 is 0 Å². The zero-order valence-corrected chi connectivity index (χ0v) is 9.72. The molecule has 4 nitrogen and oxygen atoms in total. The van der Waals surface area contributed by atoms with Crippen molar-refractivity contribution < 1.29 is 13.5 Å². The van der Waals surface area contributed by atoms with Crippen molar-refractivity contribution in [3.63, 3.8) is 0 Å². The van der Waals surface area contributed by atoms with E-state index in [1.165, 1.54) is 0 Å². The highest BCUT2D eigenvalue weighted by Crippen LogP contribution is 2.34. The number of hydrogen-bond donors (Lipinski definition) is 2. The highest BCUT2D eigenvalue weighted by molar-refractivity contribution is 7.91. The molecule has 0 aromatic carbocycles. The predicted octanol–water partition coefficient (Wildman–Crippen LogP) is -0.0743. The second-order valence-electron chi connectivity index (χ2n) is 4.80. The molecular weight excluding hydrogens is 214 g/mol. The normalized spacial score (nSPS) is 40.5. The quantitative estimate of drug-likeness (QED) is 0.700. The SMILES string of the molecule is O=S1(=O)CCC(C2(CO)CCCCN2)C1. The second-order valence-corrected chi connectivity index (χ2v) is 7.03. The molecule has 0 aromatic heterocycles. The molecule has 0 bridgehead atoms. The monoisotopic (exact) mass is 233 g/mol. The largest absolute Gasteiger partial charge is 0.394 e. The first-order chi connectivity index (χ1) is 7.08. The Morgan fingerprint density at radius 3 is 2.67 bits per heavy atom. The zero-order valence-electron chi connectivity index (χ0n) is 8.91.